The molecule has 0 saturated heterocycles. The highest BCUT2D eigenvalue weighted by molar-refractivity contribution is 7.73. The van der Waals surface area contributed by atoms with E-state index in [9.17, 15) is 0 Å². The molecular formula is C18H24N4OS2. The monoisotopic (exact) mass is 376 g/mol. The Morgan fingerprint density at radius 2 is 1.96 bits per heavy atom. The molecule has 0 atom stereocenters. The van der Waals surface area contributed by atoms with E-state index in [-0.39, 0.29) is 0 Å². The topological polar surface area (TPSA) is 42.3 Å². The second kappa shape index (κ2) is 7.43. The molecule has 25 heavy (non-hydrogen) atoms. The Kier molecular flexibility index (Phi) is 5.05. The number of hydrogen-bond donors (Lipinski definition) is 1. The van der Waals surface area contributed by atoms with E-state index in [1.165, 1.54) is 49.9 Å². The molecule has 2 aromatic rings. The molecule has 1 heterocycles. The molecule has 134 valence electrons. The summed E-state index contributed by atoms with van der Waals surface area (Å²) < 4.78 is 8.20. The van der Waals surface area contributed by atoms with Crippen molar-refractivity contribution in [3.63, 3.8) is 0 Å². The maximum Gasteiger partial charge on any atom is 0.209 e. The number of ether oxygens (including phenoxy) is 1. The summed E-state index contributed by atoms with van der Waals surface area (Å²) in [6, 6.07) is 9.31. The lowest BCUT2D eigenvalue weighted by atomic mass is 10.2. The lowest BCUT2D eigenvalue weighted by Gasteiger charge is -2.28. The van der Waals surface area contributed by atoms with Crippen molar-refractivity contribution in [3.8, 4) is 5.75 Å². The van der Waals surface area contributed by atoms with Gasteiger partial charge in [0.1, 0.15) is 5.75 Å². The Morgan fingerprint density at radius 3 is 2.68 bits per heavy atom. The average molecular weight is 377 g/mol. The van der Waals surface area contributed by atoms with Crippen LogP contribution in [0.2, 0.25) is 0 Å². The van der Waals surface area contributed by atoms with E-state index >= 15 is 0 Å². The van der Waals surface area contributed by atoms with Crippen LogP contribution in [0.4, 0.5) is 10.8 Å². The molecule has 7 heteroatoms. The third kappa shape index (κ3) is 3.88. The molecule has 2 saturated carbocycles. The van der Waals surface area contributed by atoms with E-state index in [4.69, 9.17) is 22.1 Å². The summed E-state index contributed by atoms with van der Waals surface area (Å²) in [6.07, 6.45) is 8.00. The molecule has 0 radical (unpaired) electrons. The number of methoxy groups -OCH3 is 1. The van der Waals surface area contributed by atoms with Crippen LogP contribution in [-0.4, -0.2) is 33.9 Å². The van der Waals surface area contributed by atoms with Gasteiger partial charge in [-0.05, 0) is 50.0 Å². The van der Waals surface area contributed by atoms with Crippen molar-refractivity contribution in [2.45, 2.75) is 57.3 Å². The summed E-state index contributed by atoms with van der Waals surface area (Å²) in [7, 11) is 1.68. The molecule has 0 spiro atoms. The summed E-state index contributed by atoms with van der Waals surface area (Å²) in [6.45, 7) is 0.818. The Bertz CT molecular complexity index is 777. The zero-order chi connectivity index (χ0) is 17.2. The molecule has 2 aliphatic carbocycles. The lowest BCUT2D eigenvalue weighted by Crippen LogP contribution is -2.37. The molecule has 1 N–H and O–H groups in total. The smallest absolute Gasteiger partial charge is 0.209 e. The molecule has 4 rings (SSSR count). The van der Waals surface area contributed by atoms with Crippen molar-refractivity contribution in [3.05, 3.63) is 28.2 Å². The fraction of sp³-hybridized carbons (Fsp3) is 0.556. The zero-order valence-electron chi connectivity index (χ0n) is 14.5. The van der Waals surface area contributed by atoms with Crippen molar-refractivity contribution in [1.82, 2.24) is 14.7 Å². The highest BCUT2D eigenvalue weighted by atomic mass is 32.1. The van der Waals surface area contributed by atoms with Gasteiger partial charge in [-0.25, -0.2) is 4.68 Å². The minimum Gasteiger partial charge on any atom is -0.495 e. The Hall–Kier alpha value is -1.44. The molecule has 0 aliphatic heterocycles. The van der Waals surface area contributed by atoms with E-state index in [0.29, 0.717) is 6.04 Å². The van der Waals surface area contributed by atoms with Gasteiger partial charge in [0.25, 0.3) is 0 Å². The fourth-order valence-electron chi connectivity index (χ4n) is 3.64. The Morgan fingerprint density at radius 1 is 1.24 bits per heavy atom. The summed E-state index contributed by atoms with van der Waals surface area (Å²) in [5.41, 5.74) is 0.913. The number of benzene rings is 1. The molecule has 0 unspecified atom stereocenters. The maximum absolute atomic E-state index is 5.57. The van der Waals surface area contributed by atoms with Gasteiger partial charge in [-0.3, -0.25) is 4.90 Å². The summed E-state index contributed by atoms with van der Waals surface area (Å²) in [5.74, 6) is 0.806. The van der Waals surface area contributed by atoms with Gasteiger partial charge < -0.3 is 10.1 Å². The van der Waals surface area contributed by atoms with Crippen LogP contribution in [0.1, 0.15) is 38.5 Å². The number of aromatic nitrogens is 2. The SMILES string of the molecule is COc1ccccc1Nc1nn(CN(C2CCCC2)C2CC2)c(=S)s1. The maximum atomic E-state index is 5.57. The van der Waals surface area contributed by atoms with Gasteiger partial charge in [0, 0.05) is 12.1 Å². The average Bonchev–Trinajstić information content (AvgIpc) is 3.20. The Labute approximate surface area is 157 Å². The third-order valence-electron chi connectivity index (χ3n) is 5.06. The lowest BCUT2D eigenvalue weighted by molar-refractivity contribution is 0.135. The Balaban J connectivity index is 1.50. The molecular weight excluding hydrogens is 352 g/mol. The first-order valence-electron chi connectivity index (χ1n) is 8.98. The van der Waals surface area contributed by atoms with E-state index in [1.807, 2.05) is 28.9 Å². The van der Waals surface area contributed by atoms with Crippen molar-refractivity contribution in [2.75, 3.05) is 12.4 Å². The highest BCUT2D eigenvalue weighted by Gasteiger charge is 2.35. The third-order valence-corrected chi connectivity index (χ3v) is 6.28. The largest absolute Gasteiger partial charge is 0.495 e. The second-order valence-electron chi connectivity index (χ2n) is 6.82. The number of nitrogens with one attached hydrogen (secondary N) is 1. The molecule has 1 aromatic heterocycles. The van der Waals surface area contributed by atoms with Crippen molar-refractivity contribution in [2.24, 2.45) is 0 Å². The van der Waals surface area contributed by atoms with Crippen molar-refractivity contribution in [1.29, 1.82) is 0 Å². The van der Waals surface area contributed by atoms with E-state index in [2.05, 4.69) is 10.2 Å². The zero-order valence-corrected chi connectivity index (χ0v) is 16.1. The number of rotatable bonds is 7. The minimum absolute atomic E-state index is 0.710. The molecule has 0 amide bonds. The van der Waals surface area contributed by atoms with Crippen LogP contribution in [0.5, 0.6) is 5.75 Å². The summed E-state index contributed by atoms with van der Waals surface area (Å²) in [4.78, 5) is 2.63. The quantitative estimate of drug-likeness (QED) is 0.704. The van der Waals surface area contributed by atoms with Crippen molar-refractivity contribution < 1.29 is 4.74 Å². The predicted molar refractivity (Wildman–Crippen MR) is 104 cm³/mol. The van der Waals surface area contributed by atoms with Gasteiger partial charge in [-0.2, -0.15) is 0 Å². The van der Waals surface area contributed by atoms with Gasteiger partial charge >= 0.3 is 0 Å². The number of nitrogens with zero attached hydrogens (tertiary/aromatic N) is 3. The first kappa shape index (κ1) is 17.0. The van der Waals surface area contributed by atoms with Gasteiger partial charge in [-0.15, -0.1) is 5.10 Å². The second-order valence-corrected chi connectivity index (χ2v) is 8.45. The molecule has 0 bridgehead atoms. The molecule has 5 nitrogen and oxygen atoms in total. The van der Waals surface area contributed by atoms with E-state index < -0.39 is 0 Å². The van der Waals surface area contributed by atoms with Crippen LogP contribution in [0, 0.1) is 3.95 Å². The highest BCUT2D eigenvalue weighted by Crippen LogP contribution is 2.35. The first-order valence-corrected chi connectivity index (χ1v) is 10.2. The standard InChI is InChI=1S/C18H24N4OS2/c1-23-16-9-5-4-8-15(16)19-17-20-22(18(24)25-17)12-21(14-10-11-14)13-6-2-3-7-13/h4-5,8-9,13-14H,2-3,6-7,10-12H2,1H3,(H,19,20). The normalized spacial score (nSPS) is 18.0. The number of anilines is 2. The molecule has 1 aromatic carbocycles. The van der Waals surface area contributed by atoms with Crippen LogP contribution >= 0.6 is 23.6 Å². The molecule has 2 fully saturated rings. The van der Waals surface area contributed by atoms with Crippen LogP contribution in [-0.2, 0) is 6.67 Å². The van der Waals surface area contributed by atoms with Crippen LogP contribution in [0.3, 0.4) is 0 Å². The van der Waals surface area contributed by atoms with E-state index in [0.717, 1.165) is 33.2 Å². The minimum atomic E-state index is 0.710. The van der Waals surface area contributed by atoms with Gasteiger partial charge in [0.2, 0.25) is 5.13 Å². The van der Waals surface area contributed by atoms with Gasteiger partial charge in [0.05, 0.1) is 19.5 Å². The first-order chi connectivity index (χ1) is 12.2. The van der Waals surface area contributed by atoms with E-state index in [1.54, 1.807) is 7.11 Å². The number of hydrogen-bond acceptors (Lipinski definition) is 6. The van der Waals surface area contributed by atoms with Crippen LogP contribution < -0.4 is 10.1 Å². The van der Waals surface area contributed by atoms with Crippen LogP contribution in [0.25, 0.3) is 0 Å². The summed E-state index contributed by atoms with van der Waals surface area (Å²) >= 11 is 7.09. The predicted octanol–water partition coefficient (Wildman–Crippen LogP) is 4.79. The van der Waals surface area contributed by atoms with Crippen molar-refractivity contribution >= 4 is 34.4 Å². The van der Waals surface area contributed by atoms with Crippen LogP contribution in [0.15, 0.2) is 24.3 Å². The fourth-order valence-corrected chi connectivity index (χ4v) is 4.64. The van der Waals surface area contributed by atoms with Gasteiger partial charge in [-0.1, -0.05) is 36.3 Å². The number of para-hydroxylation sites is 2. The molecule has 2 aliphatic rings. The summed E-state index contributed by atoms with van der Waals surface area (Å²) in [5, 5.41) is 8.89. The van der Waals surface area contributed by atoms with Gasteiger partial charge in [0.15, 0.2) is 3.95 Å².